The van der Waals surface area contributed by atoms with Crippen molar-refractivity contribution in [1.82, 2.24) is 0 Å². The van der Waals surface area contributed by atoms with Gasteiger partial charge in [-0.25, -0.2) is 0 Å². The third-order valence-corrected chi connectivity index (χ3v) is 2.91. The Morgan fingerprint density at radius 3 is 2.59 bits per heavy atom. The van der Waals surface area contributed by atoms with E-state index in [0.29, 0.717) is 17.9 Å². The Bertz CT molecular complexity index is 427. The summed E-state index contributed by atoms with van der Waals surface area (Å²) in [6.07, 6.45) is -0.250. The van der Waals surface area contributed by atoms with Crippen molar-refractivity contribution in [3.05, 3.63) is 23.8 Å². The second-order valence-corrected chi connectivity index (χ2v) is 4.14. The third kappa shape index (κ3) is 2.26. The molecule has 4 heteroatoms. The fourth-order valence-electron chi connectivity index (χ4n) is 1.89. The summed E-state index contributed by atoms with van der Waals surface area (Å²) >= 11 is 0. The molecule has 1 fully saturated rings. The molecule has 17 heavy (non-hydrogen) atoms. The molecule has 2 atom stereocenters. The van der Waals surface area contributed by atoms with E-state index in [1.165, 1.54) is 7.11 Å². The third-order valence-electron chi connectivity index (χ3n) is 2.91. The van der Waals surface area contributed by atoms with Crippen LogP contribution in [-0.2, 0) is 9.53 Å². The first-order valence-corrected chi connectivity index (χ1v) is 5.52. The lowest BCUT2D eigenvalue weighted by Gasteiger charge is -2.33. The normalized spacial score (nSPS) is 23.1. The number of aryl methyl sites for hydroxylation is 1. The summed E-state index contributed by atoms with van der Waals surface area (Å²) in [6.45, 7) is 1.98. The van der Waals surface area contributed by atoms with Crippen LogP contribution in [0.3, 0.4) is 0 Å². The summed E-state index contributed by atoms with van der Waals surface area (Å²) in [7, 11) is 3.12. The number of hydrogen-bond donors (Lipinski definition) is 0. The maximum absolute atomic E-state index is 11.2. The SMILES string of the molecule is COc1cc(C)ccc1OC1CC(=O)C1OC. The van der Waals surface area contributed by atoms with E-state index in [9.17, 15) is 4.79 Å². The molecule has 4 nitrogen and oxygen atoms in total. The number of rotatable bonds is 4. The predicted molar refractivity (Wildman–Crippen MR) is 62.6 cm³/mol. The molecule has 92 valence electrons. The molecule has 1 aromatic carbocycles. The number of methoxy groups -OCH3 is 2. The lowest BCUT2D eigenvalue weighted by molar-refractivity contribution is -0.151. The average molecular weight is 236 g/mol. The fourth-order valence-corrected chi connectivity index (χ4v) is 1.89. The highest BCUT2D eigenvalue weighted by Crippen LogP contribution is 2.32. The van der Waals surface area contributed by atoms with Crippen LogP contribution in [0.2, 0.25) is 0 Å². The minimum atomic E-state index is -0.444. The molecule has 0 saturated heterocycles. The van der Waals surface area contributed by atoms with Gasteiger partial charge in [0.05, 0.1) is 7.11 Å². The molecular weight excluding hydrogens is 220 g/mol. The molecule has 0 aliphatic heterocycles. The van der Waals surface area contributed by atoms with E-state index in [1.54, 1.807) is 7.11 Å². The Kier molecular flexibility index (Phi) is 3.33. The van der Waals surface area contributed by atoms with Crippen molar-refractivity contribution >= 4 is 5.78 Å². The lowest BCUT2D eigenvalue weighted by Crippen LogP contribution is -2.51. The second kappa shape index (κ2) is 4.75. The van der Waals surface area contributed by atoms with Crippen molar-refractivity contribution in [1.29, 1.82) is 0 Å². The van der Waals surface area contributed by atoms with Crippen LogP contribution in [0, 0.1) is 6.92 Å². The van der Waals surface area contributed by atoms with Crippen LogP contribution >= 0.6 is 0 Å². The molecule has 1 aliphatic carbocycles. The molecule has 0 radical (unpaired) electrons. The zero-order valence-electron chi connectivity index (χ0n) is 10.2. The van der Waals surface area contributed by atoms with E-state index in [2.05, 4.69) is 0 Å². The van der Waals surface area contributed by atoms with E-state index in [1.807, 2.05) is 25.1 Å². The Balaban J connectivity index is 2.11. The van der Waals surface area contributed by atoms with Gasteiger partial charge in [-0.15, -0.1) is 0 Å². The topological polar surface area (TPSA) is 44.8 Å². The number of carbonyl (C=O) groups excluding carboxylic acids is 1. The Labute approximate surface area is 100 Å². The van der Waals surface area contributed by atoms with Gasteiger partial charge >= 0.3 is 0 Å². The van der Waals surface area contributed by atoms with Gasteiger partial charge in [0, 0.05) is 13.5 Å². The van der Waals surface area contributed by atoms with E-state index in [4.69, 9.17) is 14.2 Å². The number of ketones is 1. The van der Waals surface area contributed by atoms with Crippen LogP contribution in [0.25, 0.3) is 0 Å². The first-order chi connectivity index (χ1) is 8.15. The lowest BCUT2D eigenvalue weighted by atomic mass is 9.90. The summed E-state index contributed by atoms with van der Waals surface area (Å²) in [6, 6.07) is 5.70. The van der Waals surface area contributed by atoms with Crippen LogP contribution in [0.5, 0.6) is 11.5 Å². The number of Topliss-reactive ketones (excluding diaryl/α,β-unsaturated/α-hetero) is 1. The summed E-state index contributed by atoms with van der Waals surface area (Å²) in [5.74, 6) is 1.42. The predicted octanol–water partition coefficient (Wildman–Crippen LogP) is 1.74. The number of hydrogen-bond acceptors (Lipinski definition) is 4. The van der Waals surface area contributed by atoms with Crippen LogP contribution in [0.15, 0.2) is 18.2 Å². The van der Waals surface area contributed by atoms with Crippen LogP contribution in [0.1, 0.15) is 12.0 Å². The number of benzene rings is 1. The number of ether oxygens (including phenoxy) is 3. The molecule has 2 rings (SSSR count). The molecule has 1 aliphatic rings. The quantitative estimate of drug-likeness (QED) is 0.798. The zero-order chi connectivity index (χ0) is 12.4. The first kappa shape index (κ1) is 11.9. The smallest absolute Gasteiger partial charge is 0.169 e. The second-order valence-electron chi connectivity index (χ2n) is 4.14. The summed E-state index contributed by atoms with van der Waals surface area (Å²) in [5.41, 5.74) is 1.10. The van der Waals surface area contributed by atoms with E-state index >= 15 is 0 Å². The molecule has 0 heterocycles. The Hall–Kier alpha value is -1.55. The molecule has 1 saturated carbocycles. The van der Waals surface area contributed by atoms with E-state index < -0.39 is 6.10 Å². The van der Waals surface area contributed by atoms with Crippen molar-refractivity contribution < 1.29 is 19.0 Å². The molecule has 0 aromatic heterocycles. The first-order valence-electron chi connectivity index (χ1n) is 5.52. The monoisotopic (exact) mass is 236 g/mol. The molecule has 2 unspecified atom stereocenters. The highest BCUT2D eigenvalue weighted by molar-refractivity contribution is 5.90. The van der Waals surface area contributed by atoms with Crippen LogP contribution in [0.4, 0.5) is 0 Å². The Morgan fingerprint density at radius 2 is 2.00 bits per heavy atom. The van der Waals surface area contributed by atoms with E-state index in [0.717, 1.165) is 5.56 Å². The van der Waals surface area contributed by atoms with Crippen LogP contribution in [-0.4, -0.2) is 32.2 Å². The minimum absolute atomic E-state index is 0.0866. The van der Waals surface area contributed by atoms with Gasteiger partial charge < -0.3 is 14.2 Å². The summed E-state index contributed by atoms with van der Waals surface area (Å²) < 4.78 is 16.0. The van der Waals surface area contributed by atoms with Crippen molar-refractivity contribution in [2.75, 3.05) is 14.2 Å². The molecule has 0 bridgehead atoms. The van der Waals surface area contributed by atoms with Gasteiger partial charge in [-0.3, -0.25) is 4.79 Å². The molecule has 0 N–H and O–H groups in total. The van der Waals surface area contributed by atoms with Gasteiger partial charge in [-0.05, 0) is 24.6 Å². The maximum atomic E-state index is 11.2. The van der Waals surface area contributed by atoms with Crippen molar-refractivity contribution in [3.63, 3.8) is 0 Å². The largest absolute Gasteiger partial charge is 0.493 e. The van der Waals surface area contributed by atoms with Crippen molar-refractivity contribution in [2.24, 2.45) is 0 Å². The molecule has 0 spiro atoms. The van der Waals surface area contributed by atoms with Gasteiger partial charge in [0.2, 0.25) is 0 Å². The van der Waals surface area contributed by atoms with Crippen LogP contribution < -0.4 is 9.47 Å². The summed E-state index contributed by atoms with van der Waals surface area (Å²) in [4.78, 5) is 11.2. The summed E-state index contributed by atoms with van der Waals surface area (Å²) in [5, 5.41) is 0. The van der Waals surface area contributed by atoms with Gasteiger partial charge in [0.1, 0.15) is 6.10 Å². The Morgan fingerprint density at radius 1 is 1.24 bits per heavy atom. The average Bonchev–Trinajstić information content (AvgIpc) is 2.30. The molecular formula is C13H16O4. The molecule has 0 amide bonds. The van der Waals surface area contributed by atoms with Crippen molar-refractivity contribution in [2.45, 2.75) is 25.6 Å². The zero-order valence-corrected chi connectivity index (χ0v) is 10.2. The van der Waals surface area contributed by atoms with Gasteiger partial charge in [-0.1, -0.05) is 6.07 Å². The molecule has 1 aromatic rings. The standard InChI is InChI=1S/C13H16O4/c1-8-4-5-10(11(6-8)15-2)17-12-7-9(14)13(12)16-3/h4-6,12-13H,7H2,1-3H3. The van der Waals surface area contributed by atoms with Crippen molar-refractivity contribution in [3.8, 4) is 11.5 Å². The fraction of sp³-hybridized carbons (Fsp3) is 0.462. The number of carbonyl (C=O) groups is 1. The maximum Gasteiger partial charge on any atom is 0.169 e. The highest BCUT2D eigenvalue weighted by Gasteiger charge is 2.42. The van der Waals surface area contributed by atoms with Gasteiger partial charge in [-0.2, -0.15) is 0 Å². The highest BCUT2D eigenvalue weighted by atomic mass is 16.6. The minimum Gasteiger partial charge on any atom is -0.493 e. The van der Waals surface area contributed by atoms with Gasteiger partial charge in [0.25, 0.3) is 0 Å². The van der Waals surface area contributed by atoms with Gasteiger partial charge in [0.15, 0.2) is 23.4 Å². The van der Waals surface area contributed by atoms with E-state index in [-0.39, 0.29) is 11.9 Å².